The van der Waals surface area contributed by atoms with Crippen LogP contribution < -0.4 is 10.1 Å². The predicted octanol–water partition coefficient (Wildman–Crippen LogP) is 2.12. The van der Waals surface area contributed by atoms with Gasteiger partial charge in [0, 0.05) is 24.9 Å². The van der Waals surface area contributed by atoms with E-state index >= 15 is 0 Å². The lowest BCUT2D eigenvalue weighted by molar-refractivity contribution is -0.116. The van der Waals surface area contributed by atoms with Crippen LogP contribution in [-0.2, 0) is 24.7 Å². The Kier molecular flexibility index (Phi) is 4.76. The molecule has 120 valence electrons. The fourth-order valence-corrected chi connectivity index (χ4v) is 2.74. The van der Waals surface area contributed by atoms with Gasteiger partial charge in [0.15, 0.2) is 0 Å². The topological polar surface area (TPSA) is 56.2 Å². The zero-order valence-corrected chi connectivity index (χ0v) is 13.3. The van der Waals surface area contributed by atoms with E-state index < -0.39 is 0 Å². The summed E-state index contributed by atoms with van der Waals surface area (Å²) in [5, 5.41) is 6.85. The Balaban J connectivity index is 1.39. The first-order valence-electron chi connectivity index (χ1n) is 7.90. The summed E-state index contributed by atoms with van der Waals surface area (Å²) in [5.41, 5.74) is 3.73. The molecule has 1 amide bonds. The molecule has 1 N–H and O–H groups in total. The van der Waals surface area contributed by atoms with Crippen LogP contribution in [0.15, 0.2) is 36.7 Å². The quantitative estimate of drug-likeness (QED) is 0.657. The van der Waals surface area contributed by atoms with E-state index in [2.05, 4.69) is 22.5 Å². The number of amides is 1. The fraction of sp³-hybridized carbons (Fsp3) is 0.333. The van der Waals surface area contributed by atoms with Gasteiger partial charge in [0.2, 0.25) is 5.91 Å². The summed E-state index contributed by atoms with van der Waals surface area (Å²) in [6.07, 6.45) is 10.4. The van der Waals surface area contributed by atoms with Crippen molar-refractivity contribution in [3.63, 3.8) is 0 Å². The maximum Gasteiger partial charge on any atom is 0.244 e. The molecule has 0 fully saturated rings. The minimum Gasteiger partial charge on any atom is -0.492 e. The van der Waals surface area contributed by atoms with Gasteiger partial charge in [0.05, 0.1) is 12.7 Å². The summed E-state index contributed by atoms with van der Waals surface area (Å²) >= 11 is 0. The smallest absolute Gasteiger partial charge is 0.244 e. The third-order valence-corrected chi connectivity index (χ3v) is 3.89. The molecular weight excluding hydrogens is 290 g/mol. The molecule has 1 aromatic carbocycles. The van der Waals surface area contributed by atoms with Gasteiger partial charge in [0.1, 0.15) is 12.4 Å². The van der Waals surface area contributed by atoms with E-state index in [1.54, 1.807) is 17.0 Å². The summed E-state index contributed by atoms with van der Waals surface area (Å²) in [6.45, 7) is 0.943. The Morgan fingerprint density at radius 3 is 3.09 bits per heavy atom. The average Bonchev–Trinajstić information content (AvgIpc) is 3.17. The van der Waals surface area contributed by atoms with Crippen LogP contribution in [0.2, 0.25) is 0 Å². The van der Waals surface area contributed by atoms with Crippen LogP contribution in [0, 0.1) is 0 Å². The molecule has 0 spiro atoms. The maximum atomic E-state index is 11.7. The van der Waals surface area contributed by atoms with Gasteiger partial charge in [0.25, 0.3) is 0 Å². The molecule has 3 rings (SSSR count). The summed E-state index contributed by atoms with van der Waals surface area (Å²) in [5.74, 6) is 0.747. The van der Waals surface area contributed by atoms with Gasteiger partial charge in [-0.25, -0.2) is 0 Å². The Labute approximate surface area is 136 Å². The average molecular weight is 311 g/mol. The van der Waals surface area contributed by atoms with Crippen molar-refractivity contribution in [2.45, 2.75) is 19.3 Å². The highest BCUT2D eigenvalue weighted by Gasteiger charge is 2.10. The largest absolute Gasteiger partial charge is 0.492 e. The van der Waals surface area contributed by atoms with E-state index in [0.717, 1.165) is 17.7 Å². The van der Waals surface area contributed by atoms with Crippen LogP contribution in [0.1, 0.15) is 23.1 Å². The van der Waals surface area contributed by atoms with Crippen molar-refractivity contribution in [2.75, 3.05) is 13.2 Å². The van der Waals surface area contributed by atoms with E-state index in [1.165, 1.54) is 30.0 Å². The Morgan fingerprint density at radius 2 is 2.26 bits per heavy atom. The van der Waals surface area contributed by atoms with Crippen LogP contribution in [0.3, 0.4) is 0 Å². The monoisotopic (exact) mass is 311 g/mol. The van der Waals surface area contributed by atoms with Gasteiger partial charge < -0.3 is 10.1 Å². The molecule has 0 bridgehead atoms. The molecular formula is C18H21N3O2. The summed E-state index contributed by atoms with van der Waals surface area (Å²) in [7, 11) is 1.84. The zero-order chi connectivity index (χ0) is 16.1. The van der Waals surface area contributed by atoms with Crippen LogP contribution in [-0.4, -0.2) is 28.8 Å². The number of aromatic nitrogens is 2. The molecule has 0 radical (unpaired) electrons. The fourth-order valence-electron chi connectivity index (χ4n) is 2.74. The lowest BCUT2D eigenvalue weighted by Gasteiger charge is -2.08. The molecule has 0 saturated carbocycles. The minimum atomic E-state index is -0.133. The van der Waals surface area contributed by atoms with Crippen LogP contribution in [0.5, 0.6) is 5.75 Å². The van der Waals surface area contributed by atoms with Crippen molar-refractivity contribution < 1.29 is 9.53 Å². The van der Waals surface area contributed by atoms with E-state index in [1.807, 2.05) is 19.3 Å². The van der Waals surface area contributed by atoms with E-state index in [-0.39, 0.29) is 5.91 Å². The number of carbonyl (C=O) groups excluding carboxylic acids is 1. The molecule has 2 aromatic rings. The number of nitrogens with one attached hydrogen (secondary N) is 1. The van der Waals surface area contributed by atoms with Crippen LogP contribution in [0.25, 0.3) is 6.08 Å². The van der Waals surface area contributed by atoms with Gasteiger partial charge in [-0.3, -0.25) is 9.48 Å². The number of rotatable bonds is 6. The number of fused-ring (bicyclic) bond motifs is 1. The normalized spacial score (nSPS) is 13.3. The summed E-state index contributed by atoms with van der Waals surface area (Å²) < 4.78 is 7.39. The van der Waals surface area contributed by atoms with E-state index in [9.17, 15) is 4.79 Å². The summed E-state index contributed by atoms with van der Waals surface area (Å²) in [6, 6.07) is 6.27. The number of nitrogens with zero attached hydrogens (tertiary/aromatic N) is 2. The number of benzene rings is 1. The Hall–Kier alpha value is -2.56. The first-order chi connectivity index (χ1) is 11.2. The van der Waals surface area contributed by atoms with Gasteiger partial charge in [-0.1, -0.05) is 6.07 Å². The second-order valence-corrected chi connectivity index (χ2v) is 5.70. The van der Waals surface area contributed by atoms with Crippen molar-refractivity contribution in [1.82, 2.24) is 15.1 Å². The molecule has 23 heavy (non-hydrogen) atoms. The van der Waals surface area contributed by atoms with Gasteiger partial charge in [-0.05, 0) is 48.6 Å². The Morgan fingerprint density at radius 1 is 1.39 bits per heavy atom. The molecule has 1 aromatic heterocycles. The number of hydrogen-bond donors (Lipinski definition) is 1. The van der Waals surface area contributed by atoms with Gasteiger partial charge in [-0.2, -0.15) is 5.10 Å². The highest BCUT2D eigenvalue weighted by molar-refractivity contribution is 5.91. The maximum absolute atomic E-state index is 11.7. The van der Waals surface area contributed by atoms with Crippen molar-refractivity contribution in [2.24, 2.45) is 7.05 Å². The van der Waals surface area contributed by atoms with Crippen LogP contribution >= 0.6 is 0 Å². The third kappa shape index (κ3) is 4.22. The van der Waals surface area contributed by atoms with Crippen LogP contribution in [0.4, 0.5) is 0 Å². The first kappa shape index (κ1) is 15.3. The molecule has 0 atom stereocenters. The molecule has 1 aliphatic rings. The molecule has 0 aliphatic heterocycles. The number of aryl methyl sites for hydroxylation is 3. The molecule has 1 aliphatic carbocycles. The van der Waals surface area contributed by atoms with Crippen molar-refractivity contribution in [3.05, 3.63) is 53.4 Å². The third-order valence-electron chi connectivity index (χ3n) is 3.89. The minimum absolute atomic E-state index is 0.133. The number of ether oxygens (including phenoxy) is 1. The molecule has 0 unspecified atom stereocenters. The molecule has 5 heteroatoms. The summed E-state index contributed by atoms with van der Waals surface area (Å²) in [4.78, 5) is 11.7. The zero-order valence-electron chi connectivity index (χ0n) is 13.3. The number of hydrogen-bond acceptors (Lipinski definition) is 3. The molecule has 1 heterocycles. The Bertz CT molecular complexity index is 719. The van der Waals surface area contributed by atoms with Crippen molar-refractivity contribution in [1.29, 1.82) is 0 Å². The lowest BCUT2D eigenvalue weighted by atomic mass is 10.1. The lowest BCUT2D eigenvalue weighted by Crippen LogP contribution is -2.26. The highest BCUT2D eigenvalue weighted by atomic mass is 16.5. The highest BCUT2D eigenvalue weighted by Crippen LogP contribution is 2.25. The second-order valence-electron chi connectivity index (χ2n) is 5.70. The van der Waals surface area contributed by atoms with E-state index in [4.69, 9.17) is 4.74 Å². The number of carbonyl (C=O) groups is 1. The van der Waals surface area contributed by atoms with Crippen molar-refractivity contribution in [3.8, 4) is 5.75 Å². The van der Waals surface area contributed by atoms with Crippen molar-refractivity contribution >= 4 is 12.0 Å². The van der Waals surface area contributed by atoms with Gasteiger partial charge in [-0.15, -0.1) is 0 Å². The predicted molar refractivity (Wildman–Crippen MR) is 89.2 cm³/mol. The first-order valence-corrected chi connectivity index (χ1v) is 7.90. The standard InChI is InChI=1S/C18H21N3O2/c1-21-13-14(12-20-21)5-8-18(22)19-9-10-23-17-7-6-15-3-2-4-16(15)11-17/h5-8,11-13H,2-4,9-10H2,1H3,(H,19,22). The SMILES string of the molecule is Cn1cc(C=CC(=O)NCCOc2ccc3c(c2)CCC3)cn1. The van der Waals surface area contributed by atoms with E-state index in [0.29, 0.717) is 13.2 Å². The molecule has 5 nitrogen and oxygen atoms in total. The molecule has 0 saturated heterocycles. The van der Waals surface area contributed by atoms with Gasteiger partial charge >= 0.3 is 0 Å². The second kappa shape index (κ2) is 7.13.